The highest BCUT2D eigenvalue weighted by molar-refractivity contribution is 7.80. The summed E-state index contributed by atoms with van der Waals surface area (Å²) in [6.45, 7) is 4.66. The van der Waals surface area contributed by atoms with Crippen molar-refractivity contribution in [2.45, 2.75) is 25.8 Å². The van der Waals surface area contributed by atoms with Gasteiger partial charge in [-0.15, -0.1) is 0 Å². The van der Waals surface area contributed by atoms with Gasteiger partial charge in [0.2, 0.25) is 0 Å². The van der Waals surface area contributed by atoms with E-state index in [1.807, 2.05) is 22.8 Å². The summed E-state index contributed by atoms with van der Waals surface area (Å²) in [7, 11) is 0. The fourth-order valence-corrected chi connectivity index (χ4v) is 4.25. The topological polar surface area (TPSA) is 37.3 Å². The summed E-state index contributed by atoms with van der Waals surface area (Å²) in [6.07, 6.45) is 1.15. The molecule has 0 saturated carbocycles. The highest BCUT2D eigenvalue weighted by Crippen LogP contribution is 2.35. The van der Waals surface area contributed by atoms with E-state index in [4.69, 9.17) is 12.2 Å². The van der Waals surface area contributed by atoms with Crippen LogP contribution in [0.2, 0.25) is 0 Å². The molecule has 0 unspecified atom stereocenters. The predicted octanol–water partition coefficient (Wildman–Crippen LogP) is 2.97. The molecule has 2 atom stereocenters. The summed E-state index contributed by atoms with van der Waals surface area (Å²) in [5, 5.41) is 4.15. The first kappa shape index (κ1) is 15.4. The van der Waals surface area contributed by atoms with Crippen molar-refractivity contribution in [2.75, 3.05) is 18.4 Å². The third kappa shape index (κ3) is 2.84. The average molecular weight is 339 g/mol. The molecule has 5 heteroatoms. The molecular weight excluding hydrogens is 318 g/mol. The molecule has 0 radical (unpaired) electrons. The number of rotatable bonds is 1. The number of piperidine rings is 1. The third-order valence-electron chi connectivity index (χ3n) is 5.04. The van der Waals surface area contributed by atoms with Crippen molar-refractivity contribution in [3.8, 4) is 0 Å². The molecule has 0 spiro atoms. The lowest BCUT2D eigenvalue weighted by atomic mass is 9.83. The van der Waals surface area contributed by atoms with E-state index < -0.39 is 0 Å². The summed E-state index contributed by atoms with van der Waals surface area (Å²) in [5.41, 5.74) is 3.52. The number of nitrogens with one attached hydrogen (secondary N) is 1. The Morgan fingerprint density at radius 1 is 1.17 bits per heavy atom. The van der Waals surface area contributed by atoms with Gasteiger partial charge in [0.15, 0.2) is 5.11 Å². The largest absolute Gasteiger partial charge is 0.348 e. The fraction of sp³-hybridized carbons (Fsp3) is 0.368. The highest BCUT2D eigenvalue weighted by Gasteiger charge is 2.35. The van der Waals surface area contributed by atoms with Crippen LogP contribution in [-0.2, 0) is 6.54 Å². The second-order valence-corrected chi connectivity index (χ2v) is 7.29. The zero-order chi connectivity index (χ0) is 16.7. The van der Waals surface area contributed by atoms with Crippen LogP contribution in [0.4, 0.5) is 5.69 Å². The monoisotopic (exact) mass is 339 g/mol. The van der Waals surface area contributed by atoms with E-state index in [9.17, 15) is 4.79 Å². The van der Waals surface area contributed by atoms with Crippen LogP contribution in [-0.4, -0.2) is 27.7 Å². The molecule has 0 aliphatic carbocycles. The molecule has 2 aliphatic rings. The van der Waals surface area contributed by atoms with Gasteiger partial charge in [-0.25, -0.2) is 0 Å². The standard InChI is InChI=1S/C19H21N3OS/c1-13-4-2-5-16(8-13)20-19(24)21-10-14-9-15(12-21)17-6-3-7-18(23)22(17)11-14/h2-8,14-15H,9-12H2,1H3,(H,20,24)/t14-,15-/m1/s1. The highest BCUT2D eigenvalue weighted by atomic mass is 32.1. The molecule has 1 saturated heterocycles. The molecule has 1 aromatic carbocycles. The molecule has 2 bridgehead atoms. The summed E-state index contributed by atoms with van der Waals surface area (Å²) < 4.78 is 1.95. The lowest BCUT2D eigenvalue weighted by Gasteiger charge is -2.43. The predicted molar refractivity (Wildman–Crippen MR) is 101 cm³/mol. The molecule has 4 rings (SSSR count). The summed E-state index contributed by atoms with van der Waals surface area (Å²) >= 11 is 5.65. The van der Waals surface area contributed by atoms with Crippen LogP contribution in [0.1, 0.15) is 23.6 Å². The molecule has 124 valence electrons. The Labute approximate surface area is 147 Å². The SMILES string of the molecule is Cc1cccc(NC(=S)N2C[C@H]3C[C@H](C2)c2cccc(=O)n2C3)c1. The number of anilines is 1. The number of aromatic nitrogens is 1. The first-order valence-corrected chi connectivity index (χ1v) is 8.83. The Bertz CT molecular complexity index is 845. The van der Waals surface area contributed by atoms with Gasteiger partial charge in [0.25, 0.3) is 5.56 Å². The van der Waals surface area contributed by atoms with Gasteiger partial charge in [0, 0.05) is 43.0 Å². The van der Waals surface area contributed by atoms with Gasteiger partial charge in [-0.2, -0.15) is 0 Å². The van der Waals surface area contributed by atoms with E-state index in [0.717, 1.165) is 42.5 Å². The van der Waals surface area contributed by atoms with Crippen LogP contribution >= 0.6 is 12.2 Å². The van der Waals surface area contributed by atoms with Crippen molar-refractivity contribution >= 4 is 23.0 Å². The number of hydrogen-bond acceptors (Lipinski definition) is 2. The molecule has 2 aromatic rings. The number of benzene rings is 1. The lowest BCUT2D eigenvalue weighted by Crippen LogP contribution is -2.50. The maximum atomic E-state index is 12.1. The van der Waals surface area contributed by atoms with Crippen molar-refractivity contribution < 1.29 is 0 Å². The second kappa shape index (κ2) is 6.06. The van der Waals surface area contributed by atoms with Crippen molar-refractivity contribution in [1.29, 1.82) is 0 Å². The zero-order valence-corrected chi connectivity index (χ0v) is 14.6. The van der Waals surface area contributed by atoms with Crippen molar-refractivity contribution in [2.24, 2.45) is 5.92 Å². The van der Waals surface area contributed by atoms with Crippen LogP contribution in [0.3, 0.4) is 0 Å². The molecular formula is C19H21N3OS. The number of nitrogens with zero attached hydrogens (tertiary/aromatic N) is 2. The van der Waals surface area contributed by atoms with Gasteiger partial charge in [-0.1, -0.05) is 18.2 Å². The van der Waals surface area contributed by atoms with Crippen molar-refractivity contribution in [3.05, 3.63) is 64.1 Å². The van der Waals surface area contributed by atoms with Gasteiger partial charge in [-0.3, -0.25) is 4.79 Å². The van der Waals surface area contributed by atoms with Crippen LogP contribution in [0.15, 0.2) is 47.3 Å². The number of fused-ring (bicyclic) bond motifs is 4. The molecule has 1 N–H and O–H groups in total. The average Bonchev–Trinajstić information content (AvgIpc) is 2.56. The first-order valence-electron chi connectivity index (χ1n) is 8.42. The molecule has 2 aliphatic heterocycles. The first-order chi connectivity index (χ1) is 11.6. The number of likely N-dealkylation sites (tertiary alicyclic amines) is 1. The van der Waals surface area contributed by atoms with E-state index in [-0.39, 0.29) is 5.56 Å². The fourth-order valence-electron chi connectivity index (χ4n) is 3.99. The van der Waals surface area contributed by atoms with E-state index in [1.54, 1.807) is 6.07 Å². The smallest absolute Gasteiger partial charge is 0.250 e. The van der Waals surface area contributed by atoms with Gasteiger partial charge < -0.3 is 14.8 Å². The van der Waals surface area contributed by atoms with Crippen LogP contribution < -0.4 is 10.9 Å². The molecule has 1 fully saturated rings. The quantitative estimate of drug-likeness (QED) is 0.811. The van der Waals surface area contributed by atoms with Crippen molar-refractivity contribution in [1.82, 2.24) is 9.47 Å². The van der Waals surface area contributed by atoms with E-state index >= 15 is 0 Å². The number of hydrogen-bond donors (Lipinski definition) is 1. The molecule has 0 amide bonds. The Balaban J connectivity index is 1.53. The van der Waals surface area contributed by atoms with E-state index in [0.29, 0.717) is 11.8 Å². The summed E-state index contributed by atoms with van der Waals surface area (Å²) in [6, 6.07) is 13.9. The van der Waals surface area contributed by atoms with Gasteiger partial charge in [0.05, 0.1) is 0 Å². The lowest BCUT2D eigenvalue weighted by molar-refractivity contribution is 0.180. The minimum Gasteiger partial charge on any atom is -0.348 e. The van der Waals surface area contributed by atoms with Crippen LogP contribution in [0.5, 0.6) is 0 Å². The molecule has 4 nitrogen and oxygen atoms in total. The van der Waals surface area contributed by atoms with Crippen LogP contribution in [0, 0.1) is 12.8 Å². The minimum atomic E-state index is 0.121. The third-order valence-corrected chi connectivity index (χ3v) is 5.40. The van der Waals surface area contributed by atoms with Gasteiger partial charge in [0.1, 0.15) is 0 Å². The normalized spacial score (nSPS) is 22.0. The Hall–Kier alpha value is -2.14. The van der Waals surface area contributed by atoms with E-state index in [2.05, 4.69) is 35.3 Å². The Kier molecular flexibility index (Phi) is 3.88. The maximum absolute atomic E-state index is 12.1. The Morgan fingerprint density at radius 2 is 2.00 bits per heavy atom. The van der Waals surface area contributed by atoms with Crippen LogP contribution in [0.25, 0.3) is 0 Å². The minimum absolute atomic E-state index is 0.121. The molecule has 1 aromatic heterocycles. The second-order valence-electron chi connectivity index (χ2n) is 6.90. The number of pyridine rings is 1. The van der Waals surface area contributed by atoms with Crippen molar-refractivity contribution in [3.63, 3.8) is 0 Å². The van der Waals surface area contributed by atoms with E-state index in [1.165, 1.54) is 5.56 Å². The molecule has 3 heterocycles. The number of aryl methyl sites for hydroxylation is 1. The Morgan fingerprint density at radius 3 is 2.83 bits per heavy atom. The summed E-state index contributed by atoms with van der Waals surface area (Å²) in [4.78, 5) is 14.4. The zero-order valence-electron chi connectivity index (χ0n) is 13.7. The summed E-state index contributed by atoms with van der Waals surface area (Å²) in [5.74, 6) is 0.859. The van der Waals surface area contributed by atoms with Gasteiger partial charge in [-0.05, 0) is 55.2 Å². The van der Waals surface area contributed by atoms with Gasteiger partial charge >= 0.3 is 0 Å². The maximum Gasteiger partial charge on any atom is 0.250 e. The molecule has 24 heavy (non-hydrogen) atoms. The number of thiocarbonyl (C=S) groups is 1.